The Hall–Kier alpha value is -2.82. The summed E-state index contributed by atoms with van der Waals surface area (Å²) >= 11 is 0. The van der Waals surface area contributed by atoms with Crippen molar-refractivity contribution in [2.45, 2.75) is 51.7 Å². The monoisotopic (exact) mass is 364 g/mol. The molecule has 1 heterocycles. The molecule has 1 aliphatic carbocycles. The Morgan fingerprint density at radius 2 is 1.85 bits per heavy atom. The van der Waals surface area contributed by atoms with Gasteiger partial charge >= 0.3 is 5.97 Å². The Morgan fingerprint density at radius 3 is 2.48 bits per heavy atom. The van der Waals surface area contributed by atoms with Gasteiger partial charge in [-0.15, -0.1) is 0 Å². The molecule has 5 heteroatoms. The van der Waals surface area contributed by atoms with E-state index in [0.29, 0.717) is 6.04 Å². The van der Waals surface area contributed by atoms with Gasteiger partial charge in [-0.1, -0.05) is 12.8 Å². The summed E-state index contributed by atoms with van der Waals surface area (Å²) in [5.74, 6) is 0.810. The van der Waals surface area contributed by atoms with Crippen molar-refractivity contribution in [2.75, 3.05) is 0 Å². The summed E-state index contributed by atoms with van der Waals surface area (Å²) in [5.41, 5.74) is 3.03. The molecule has 140 valence electrons. The zero-order valence-electron chi connectivity index (χ0n) is 15.7. The van der Waals surface area contributed by atoms with Gasteiger partial charge in [-0.05, 0) is 69.2 Å². The summed E-state index contributed by atoms with van der Waals surface area (Å²) in [5, 5.41) is 9.30. The van der Waals surface area contributed by atoms with E-state index in [0.717, 1.165) is 41.0 Å². The summed E-state index contributed by atoms with van der Waals surface area (Å²) in [6.07, 6.45) is 4.84. The van der Waals surface area contributed by atoms with Crippen LogP contribution in [0.5, 0.6) is 5.75 Å². The number of ether oxygens (including phenoxy) is 1. The van der Waals surface area contributed by atoms with Crippen molar-refractivity contribution in [3.05, 3.63) is 48.0 Å². The molecule has 3 aromatic rings. The first-order valence-electron chi connectivity index (χ1n) is 9.55. The molecule has 0 amide bonds. The largest absolute Gasteiger partial charge is 0.491 e. The lowest BCUT2D eigenvalue weighted by molar-refractivity contribution is 0.0697. The summed E-state index contributed by atoms with van der Waals surface area (Å²) in [6.45, 7) is 4.01. The lowest BCUT2D eigenvalue weighted by Crippen LogP contribution is -2.07. The highest BCUT2D eigenvalue weighted by atomic mass is 16.5. The highest BCUT2D eigenvalue weighted by Crippen LogP contribution is 2.37. The summed E-state index contributed by atoms with van der Waals surface area (Å²) in [6, 6.07) is 13.6. The maximum Gasteiger partial charge on any atom is 0.335 e. The van der Waals surface area contributed by atoms with Gasteiger partial charge in [0.15, 0.2) is 0 Å². The number of hydrogen-bond donors (Lipinski definition) is 1. The molecule has 1 aromatic heterocycles. The maximum absolute atomic E-state index is 11.3. The predicted octanol–water partition coefficient (Wildman–Crippen LogP) is 5.30. The van der Waals surface area contributed by atoms with Crippen molar-refractivity contribution in [3.63, 3.8) is 0 Å². The van der Waals surface area contributed by atoms with Gasteiger partial charge in [-0.3, -0.25) is 0 Å². The molecule has 1 saturated carbocycles. The average molecular weight is 364 g/mol. The Bertz CT molecular complexity index is 967. The van der Waals surface area contributed by atoms with Crippen molar-refractivity contribution >= 4 is 17.0 Å². The van der Waals surface area contributed by atoms with E-state index in [2.05, 4.69) is 4.57 Å². The van der Waals surface area contributed by atoms with E-state index < -0.39 is 5.97 Å². The molecule has 2 aromatic carbocycles. The number of nitrogens with zero attached hydrogens (tertiary/aromatic N) is 2. The first kappa shape index (κ1) is 17.6. The van der Waals surface area contributed by atoms with E-state index in [1.54, 1.807) is 12.1 Å². The molecule has 1 aliphatic rings. The zero-order valence-corrected chi connectivity index (χ0v) is 15.7. The lowest BCUT2D eigenvalue weighted by atomic mass is 10.1. The van der Waals surface area contributed by atoms with E-state index in [1.807, 2.05) is 44.2 Å². The van der Waals surface area contributed by atoms with Crippen molar-refractivity contribution in [3.8, 4) is 17.1 Å². The molecule has 0 spiro atoms. The topological polar surface area (TPSA) is 64.3 Å². The van der Waals surface area contributed by atoms with Gasteiger partial charge in [0.25, 0.3) is 0 Å². The van der Waals surface area contributed by atoms with E-state index in [9.17, 15) is 9.90 Å². The number of imidazole rings is 1. The number of carboxylic acids is 1. The second-order valence-electron chi connectivity index (χ2n) is 7.44. The molecule has 0 saturated heterocycles. The second kappa shape index (κ2) is 7.06. The van der Waals surface area contributed by atoms with Gasteiger partial charge in [-0.25, -0.2) is 9.78 Å². The first-order chi connectivity index (χ1) is 13.0. The number of fused-ring (bicyclic) bond motifs is 1. The van der Waals surface area contributed by atoms with Gasteiger partial charge in [0.2, 0.25) is 0 Å². The van der Waals surface area contributed by atoms with Crippen LogP contribution in [-0.4, -0.2) is 26.7 Å². The Kier molecular flexibility index (Phi) is 4.60. The lowest BCUT2D eigenvalue weighted by Gasteiger charge is -2.17. The molecule has 0 bridgehead atoms. The molecule has 1 fully saturated rings. The zero-order chi connectivity index (χ0) is 19.0. The SMILES string of the molecule is CC(C)Oc1ccc(-c2nc3cc(C(=O)O)ccc3n2C2CCCC2)cc1. The van der Waals surface area contributed by atoms with Crippen molar-refractivity contribution in [1.82, 2.24) is 9.55 Å². The number of benzene rings is 2. The van der Waals surface area contributed by atoms with Crippen LogP contribution in [0.3, 0.4) is 0 Å². The van der Waals surface area contributed by atoms with Gasteiger partial charge in [0, 0.05) is 11.6 Å². The van der Waals surface area contributed by atoms with Crippen LogP contribution in [0.2, 0.25) is 0 Å². The highest BCUT2D eigenvalue weighted by molar-refractivity contribution is 5.93. The highest BCUT2D eigenvalue weighted by Gasteiger charge is 2.24. The molecule has 5 nitrogen and oxygen atoms in total. The smallest absolute Gasteiger partial charge is 0.335 e. The number of carboxylic acid groups (broad SMARTS) is 1. The predicted molar refractivity (Wildman–Crippen MR) is 105 cm³/mol. The van der Waals surface area contributed by atoms with Crippen molar-refractivity contribution < 1.29 is 14.6 Å². The molecular weight excluding hydrogens is 340 g/mol. The molecule has 1 N–H and O–H groups in total. The quantitative estimate of drug-likeness (QED) is 0.667. The Morgan fingerprint density at radius 1 is 1.15 bits per heavy atom. The van der Waals surface area contributed by atoms with Crippen LogP contribution >= 0.6 is 0 Å². The third-order valence-corrected chi connectivity index (χ3v) is 5.11. The van der Waals surface area contributed by atoms with Crippen LogP contribution in [0.15, 0.2) is 42.5 Å². The standard InChI is InChI=1S/C22H24N2O3/c1-14(2)27-18-10-7-15(8-11-18)21-23-19-13-16(22(25)26)9-12-20(19)24(21)17-5-3-4-6-17/h7-14,17H,3-6H2,1-2H3,(H,25,26). The minimum absolute atomic E-state index is 0.133. The van der Waals surface area contributed by atoms with Crippen LogP contribution in [0, 0.1) is 0 Å². The maximum atomic E-state index is 11.3. The van der Waals surface area contributed by atoms with Crippen LogP contribution < -0.4 is 4.74 Å². The third kappa shape index (κ3) is 3.42. The van der Waals surface area contributed by atoms with Crippen LogP contribution in [0.4, 0.5) is 0 Å². The summed E-state index contributed by atoms with van der Waals surface area (Å²) < 4.78 is 8.04. The first-order valence-corrected chi connectivity index (χ1v) is 9.55. The second-order valence-corrected chi connectivity index (χ2v) is 7.44. The van der Waals surface area contributed by atoms with E-state index in [-0.39, 0.29) is 11.7 Å². The number of aromatic carboxylic acids is 1. The number of rotatable bonds is 5. The van der Waals surface area contributed by atoms with Crippen LogP contribution in [0.25, 0.3) is 22.4 Å². The normalized spacial score (nSPS) is 14.9. The fourth-order valence-electron chi connectivity index (χ4n) is 3.92. The van der Waals surface area contributed by atoms with Gasteiger partial charge in [-0.2, -0.15) is 0 Å². The third-order valence-electron chi connectivity index (χ3n) is 5.11. The minimum Gasteiger partial charge on any atom is -0.491 e. The minimum atomic E-state index is -0.927. The van der Waals surface area contributed by atoms with Gasteiger partial charge in [0.1, 0.15) is 11.6 Å². The van der Waals surface area contributed by atoms with Gasteiger partial charge < -0.3 is 14.4 Å². The van der Waals surface area contributed by atoms with Gasteiger partial charge in [0.05, 0.1) is 22.7 Å². The summed E-state index contributed by atoms with van der Waals surface area (Å²) in [4.78, 5) is 16.2. The Labute approximate surface area is 158 Å². The molecule has 0 atom stereocenters. The van der Waals surface area contributed by atoms with E-state index in [4.69, 9.17) is 9.72 Å². The number of aromatic nitrogens is 2. The van der Waals surface area contributed by atoms with Crippen LogP contribution in [0.1, 0.15) is 55.9 Å². The Balaban J connectivity index is 1.82. The fraction of sp³-hybridized carbons (Fsp3) is 0.364. The number of carbonyl (C=O) groups is 1. The molecule has 4 rings (SSSR count). The number of hydrogen-bond acceptors (Lipinski definition) is 3. The fourth-order valence-corrected chi connectivity index (χ4v) is 3.92. The molecule has 0 radical (unpaired) electrons. The van der Waals surface area contributed by atoms with Crippen molar-refractivity contribution in [2.24, 2.45) is 0 Å². The van der Waals surface area contributed by atoms with Crippen LogP contribution in [-0.2, 0) is 0 Å². The molecule has 0 unspecified atom stereocenters. The van der Waals surface area contributed by atoms with E-state index >= 15 is 0 Å². The molecular formula is C22H24N2O3. The average Bonchev–Trinajstić information content (AvgIpc) is 3.28. The van der Waals surface area contributed by atoms with Crippen molar-refractivity contribution in [1.29, 1.82) is 0 Å². The summed E-state index contributed by atoms with van der Waals surface area (Å²) in [7, 11) is 0. The molecule has 0 aliphatic heterocycles. The molecule has 27 heavy (non-hydrogen) atoms. The van der Waals surface area contributed by atoms with E-state index in [1.165, 1.54) is 12.8 Å².